The van der Waals surface area contributed by atoms with E-state index >= 15 is 0 Å². The Hall–Kier alpha value is -3.02. The van der Waals surface area contributed by atoms with Crippen molar-refractivity contribution in [2.24, 2.45) is 23.7 Å². The molecule has 5 rings (SSSR count). The number of fused-ring (bicyclic) bond motifs is 2. The second kappa shape index (κ2) is 9.69. The van der Waals surface area contributed by atoms with Crippen LogP contribution in [0.5, 0.6) is 5.75 Å². The molecule has 2 aromatic rings. The lowest BCUT2D eigenvalue weighted by atomic mass is 9.84. The predicted molar refractivity (Wildman–Crippen MR) is 129 cm³/mol. The molecule has 1 saturated heterocycles. The summed E-state index contributed by atoms with van der Waals surface area (Å²) >= 11 is 0. The number of ether oxygens (including phenoxy) is 1. The number of likely N-dealkylation sites (tertiary alicyclic amines) is 1. The fourth-order valence-electron chi connectivity index (χ4n) is 6.19. The maximum atomic E-state index is 13.2. The molecular formula is C28H34N2O4. The van der Waals surface area contributed by atoms with Crippen LogP contribution in [0.2, 0.25) is 0 Å². The quantitative estimate of drug-likeness (QED) is 0.572. The molecule has 2 aliphatic carbocycles. The van der Waals surface area contributed by atoms with Crippen LogP contribution in [0.3, 0.4) is 0 Å². The summed E-state index contributed by atoms with van der Waals surface area (Å²) in [5.41, 5.74) is 1.13. The third-order valence-corrected chi connectivity index (χ3v) is 8.12. The van der Waals surface area contributed by atoms with Crippen LogP contribution in [0.25, 0.3) is 0 Å². The summed E-state index contributed by atoms with van der Waals surface area (Å²) in [6, 6.07) is 11.5. The molecule has 3 aliphatic rings. The van der Waals surface area contributed by atoms with E-state index in [1.165, 1.54) is 6.26 Å². The monoisotopic (exact) mass is 462 g/mol. The van der Waals surface area contributed by atoms with Crippen molar-refractivity contribution in [1.82, 2.24) is 9.80 Å². The molecule has 6 nitrogen and oxygen atoms in total. The molecule has 1 aromatic carbocycles. The summed E-state index contributed by atoms with van der Waals surface area (Å²) in [4.78, 5) is 30.3. The first kappa shape index (κ1) is 22.8. The molecule has 2 amide bonds. The largest absolute Gasteiger partial charge is 0.497 e. The van der Waals surface area contributed by atoms with Crippen molar-refractivity contribution in [2.75, 3.05) is 27.2 Å². The Morgan fingerprint density at radius 1 is 1.15 bits per heavy atom. The molecule has 1 aromatic heterocycles. The lowest BCUT2D eigenvalue weighted by Gasteiger charge is -2.41. The van der Waals surface area contributed by atoms with Crippen LogP contribution >= 0.6 is 0 Å². The van der Waals surface area contributed by atoms with Gasteiger partial charge in [0.15, 0.2) is 5.76 Å². The molecule has 0 N–H and O–H groups in total. The number of hydrogen-bond donors (Lipinski definition) is 0. The van der Waals surface area contributed by atoms with E-state index in [4.69, 9.17) is 9.15 Å². The molecule has 1 saturated carbocycles. The first-order valence-electron chi connectivity index (χ1n) is 12.4. The number of methoxy groups -OCH3 is 1. The summed E-state index contributed by atoms with van der Waals surface area (Å²) < 4.78 is 10.8. The molecule has 0 radical (unpaired) electrons. The Kier molecular flexibility index (Phi) is 6.48. The molecular weight excluding hydrogens is 428 g/mol. The van der Waals surface area contributed by atoms with E-state index in [-0.39, 0.29) is 17.9 Å². The number of allylic oxidation sites excluding steroid dienone is 2. The maximum absolute atomic E-state index is 13.2. The molecule has 180 valence electrons. The van der Waals surface area contributed by atoms with Crippen LogP contribution in [-0.2, 0) is 11.2 Å². The molecule has 1 aliphatic heterocycles. The van der Waals surface area contributed by atoms with Gasteiger partial charge in [0.2, 0.25) is 5.91 Å². The fourth-order valence-corrected chi connectivity index (χ4v) is 6.19. The van der Waals surface area contributed by atoms with Crippen molar-refractivity contribution >= 4 is 11.8 Å². The standard InChI is InChI=1S/C28H34N2O4/c1-29(28(32)26-7-4-14-34-26)25(18-19-5-3-6-23(16-19)33-2)21-10-12-30(13-11-21)27(31)24-17-20-8-9-22(24)15-20/h3-9,14,16,20-22,24-25H,10-13,15,17-18H2,1-2H3/t20-,22+,24+,25?/m0/s1. The van der Waals surface area contributed by atoms with Gasteiger partial charge in [0, 0.05) is 32.1 Å². The third-order valence-electron chi connectivity index (χ3n) is 8.12. The Morgan fingerprint density at radius 3 is 2.62 bits per heavy atom. The van der Waals surface area contributed by atoms with Crippen molar-refractivity contribution in [3.8, 4) is 5.75 Å². The average molecular weight is 463 g/mol. The van der Waals surface area contributed by atoms with Crippen LogP contribution in [0, 0.1) is 23.7 Å². The zero-order valence-corrected chi connectivity index (χ0v) is 20.1. The second-order valence-electron chi connectivity index (χ2n) is 10.1. The summed E-state index contributed by atoms with van der Waals surface area (Å²) in [5, 5.41) is 0. The SMILES string of the molecule is COc1cccc(CC(C2CCN(C(=O)[C@@H]3C[C@H]4C=C[C@@H]3C4)CC2)N(C)C(=O)c2ccco2)c1. The highest BCUT2D eigenvalue weighted by Crippen LogP contribution is 2.44. The van der Waals surface area contributed by atoms with Crippen molar-refractivity contribution < 1.29 is 18.7 Å². The van der Waals surface area contributed by atoms with Crippen LogP contribution in [0.1, 0.15) is 41.8 Å². The normalized spacial score (nSPS) is 24.9. The van der Waals surface area contributed by atoms with Crippen molar-refractivity contribution in [3.63, 3.8) is 0 Å². The van der Waals surface area contributed by atoms with E-state index in [0.717, 1.165) is 56.5 Å². The molecule has 34 heavy (non-hydrogen) atoms. The second-order valence-corrected chi connectivity index (χ2v) is 10.1. The van der Waals surface area contributed by atoms with E-state index in [9.17, 15) is 9.59 Å². The van der Waals surface area contributed by atoms with Gasteiger partial charge in [0.05, 0.1) is 13.4 Å². The number of carbonyl (C=O) groups excluding carboxylic acids is 2. The average Bonchev–Trinajstić information content (AvgIpc) is 3.65. The number of hydrogen-bond acceptors (Lipinski definition) is 4. The van der Waals surface area contributed by atoms with Gasteiger partial charge in [0.1, 0.15) is 5.75 Å². The molecule has 0 spiro atoms. The van der Waals surface area contributed by atoms with Crippen LogP contribution in [-0.4, -0.2) is 54.9 Å². The molecule has 1 unspecified atom stereocenters. The van der Waals surface area contributed by atoms with E-state index in [0.29, 0.717) is 29.4 Å². The van der Waals surface area contributed by atoms with E-state index < -0.39 is 0 Å². The minimum Gasteiger partial charge on any atom is -0.497 e. The van der Waals surface area contributed by atoms with Gasteiger partial charge in [-0.15, -0.1) is 0 Å². The lowest BCUT2D eigenvalue weighted by Crippen LogP contribution is -2.49. The molecule has 2 heterocycles. The van der Waals surface area contributed by atoms with Gasteiger partial charge in [0.25, 0.3) is 5.91 Å². The highest BCUT2D eigenvalue weighted by atomic mass is 16.5. The molecule has 6 heteroatoms. The van der Waals surface area contributed by atoms with E-state index in [1.807, 2.05) is 30.1 Å². The van der Waals surface area contributed by atoms with Gasteiger partial charge in [-0.3, -0.25) is 9.59 Å². The van der Waals surface area contributed by atoms with Crippen LogP contribution in [0.4, 0.5) is 0 Å². The Labute approximate surface area is 201 Å². The van der Waals surface area contributed by atoms with Crippen LogP contribution in [0.15, 0.2) is 59.2 Å². The first-order chi connectivity index (χ1) is 16.5. The third kappa shape index (κ3) is 4.50. The van der Waals surface area contributed by atoms with Gasteiger partial charge in [-0.2, -0.15) is 0 Å². The highest BCUT2D eigenvalue weighted by Gasteiger charge is 2.42. The molecule has 2 fully saturated rings. The molecule has 4 atom stereocenters. The summed E-state index contributed by atoms with van der Waals surface area (Å²) in [5.74, 6) is 2.91. The Morgan fingerprint density at radius 2 is 1.97 bits per heavy atom. The van der Waals surface area contributed by atoms with E-state index in [2.05, 4.69) is 23.1 Å². The first-order valence-corrected chi connectivity index (χ1v) is 12.4. The smallest absolute Gasteiger partial charge is 0.289 e. The van der Waals surface area contributed by atoms with Gasteiger partial charge in [-0.25, -0.2) is 0 Å². The van der Waals surface area contributed by atoms with Crippen molar-refractivity contribution in [3.05, 3.63) is 66.1 Å². The number of piperidine rings is 1. The Balaban J connectivity index is 1.29. The zero-order chi connectivity index (χ0) is 23.7. The minimum atomic E-state index is -0.106. The lowest BCUT2D eigenvalue weighted by molar-refractivity contribution is -0.138. The maximum Gasteiger partial charge on any atom is 0.289 e. The number of likely N-dealkylation sites (N-methyl/N-ethyl adjacent to an activating group) is 1. The van der Waals surface area contributed by atoms with Gasteiger partial charge in [-0.1, -0.05) is 24.3 Å². The fraction of sp³-hybridized carbons (Fsp3) is 0.500. The zero-order valence-electron chi connectivity index (χ0n) is 20.1. The van der Waals surface area contributed by atoms with Crippen LogP contribution < -0.4 is 4.74 Å². The number of carbonyl (C=O) groups is 2. The number of benzene rings is 1. The predicted octanol–water partition coefficient (Wildman–Crippen LogP) is 4.42. The summed E-state index contributed by atoms with van der Waals surface area (Å²) in [6.45, 7) is 1.52. The number of nitrogens with zero attached hydrogens (tertiary/aromatic N) is 2. The van der Waals surface area contributed by atoms with Crippen molar-refractivity contribution in [1.29, 1.82) is 0 Å². The minimum absolute atomic E-state index is 0.00684. The van der Waals surface area contributed by atoms with Gasteiger partial charge in [-0.05, 0) is 79.7 Å². The van der Waals surface area contributed by atoms with E-state index in [1.54, 1.807) is 19.2 Å². The number of furan rings is 1. The number of amides is 2. The van der Waals surface area contributed by atoms with Crippen molar-refractivity contribution in [2.45, 2.75) is 38.1 Å². The van der Waals surface area contributed by atoms with Gasteiger partial charge < -0.3 is 19.0 Å². The summed E-state index contributed by atoms with van der Waals surface area (Å²) in [6.07, 6.45) is 10.8. The Bertz CT molecular complexity index is 1040. The highest BCUT2D eigenvalue weighted by molar-refractivity contribution is 5.91. The number of rotatable bonds is 7. The van der Waals surface area contributed by atoms with Gasteiger partial charge >= 0.3 is 0 Å². The topological polar surface area (TPSA) is 63.0 Å². The molecule has 2 bridgehead atoms. The summed E-state index contributed by atoms with van der Waals surface area (Å²) in [7, 11) is 3.54.